The fourth-order valence-corrected chi connectivity index (χ4v) is 6.08. The Morgan fingerprint density at radius 3 is 2.56 bits per heavy atom. The Hall–Kier alpha value is -3.36. The lowest BCUT2D eigenvalue weighted by molar-refractivity contribution is -0.166. The molecule has 1 aromatic heterocycles. The first-order valence-corrected chi connectivity index (χ1v) is 12.7. The van der Waals surface area contributed by atoms with Crippen LogP contribution < -0.4 is 4.74 Å². The number of para-hydroxylation sites is 1. The van der Waals surface area contributed by atoms with Gasteiger partial charge in [-0.05, 0) is 36.2 Å². The zero-order valence-electron chi connectivity index (χ0n) is 20.8. The summed E-state index contributed by atoms with van der Waals surface area (Å²) in [6, 6.07) is 16.2. The minimum atomic E-state index is -1.07. The highest BCUT2D eigenvalue weighted by Crippen LogP contribution is 2.48. The Morgan fingerprint density at radius 1 is 1.06 bits per heavy atom. The molecular formula is C28H32N4O4. The van der Waals surface area contributed by atoms with Crippen LogP contribution >= 0.6 is 0 Å². The number of nitrogens with one attached hydrogen (secondary N) is 1. The van der Waals surface area contributed by atoms with Crippen molar-refractivity contribution >= 4 is 22.7 Å². The Morgan fingerprint density at radius 2 is 1.81 bits per heavy atom. The molecule has 0 aliphatic carbocycles. The Labute approximate surface area is 210 Å². The van der Waals surface area contributed by atoms with Crippen LogP contribution in [0.2, 0.25) is 0 Å². The second-order valence-electron chi connectivity index (χ2n) is 10.0. The van der Waals surface area contributed by atoms with Crippen molar-refractivity contribution in [3.63, 3.8) is 0 Å². The molecule has 8 heteroatoms. The zero-order valence-corrected chi connectivity index (χ0v) is 20.8. The standard InChI is InChI=1S/C28H32N4O4/c1-28-26-25(21-5-3-4-6-23(21)29-26)22(19-7-9-20(35-2)10-8-19)17-32(28)24(33)18-31(27(28)34)12-11-30-13-15-36-16-14-30/h3-10,22,29H,11-18H2,1-2H3/t22?,28-/m0/s1. The molecule has 36 heavy (non-hydrogen) atoms. The quantitative estimate of drug-likeness (QED) is 0.597. The van der Waals surface area contributed by atoms with Crippen molar-refractivity contribution in [2.75, 3.05) is 59.6 Å². The molecule has 2 atom stereocenters. The number of piperazine rings is 1. The third-order valence-electron chi connectivity index (χ3n) is 8.13. The van der Waals surface area contributed by atoms with Gasteiger partial charge in [0.2, 0.25) is 5.91 Å². The van der Waals surface area contributed by atoms with Crippen LogP contribution in [0.4, 0.5) is 0 Å². The summed E-state index contributed by atoms with van der Waals surface area (Å²) in [5, 5.41) is 1.10. The van der Waals surface area contributed by atoms with Crippen molar-refractivity contribution in [2.45, 2.75) is 18.4 Å². The molecule has 1 unspecified atom stereocenters. The molecule has 0 spiro atoms. The van der Waals surface area contributed by atoms with Crippen molar-refractivity contribution in [2.24, 2.45) is 0 Å². The lowest BCUT2D eigenvalue weighted by Crippen LogP contribution is -2.68. The number of methoxy groups -OCH3 is 1. The average molecular weight is 489 g/mol. The van der Waals surface area contributed by atoms with Crippen molar-refractivity contribution in [1.29, 1.82) is 0 Å². The minimum Gasteiger partial charge on any atom is -0.497 e. The fourth-order valence-electron chi connectivity index (χ4n) is 6.08. The number of carbonyl (C=O) groups is 2. The molecule has 3 aliphatic heterocycles. The molecular weight excluding hydrogens is 456 g/mol. The average Bonchev–Trinajstić information content (AvgIpc) is 3.32. The van der Waals surface area contributed by atoms with E-state index in [1.807, 2.05) is 37.3 Å². The summed E-state index contributed by atoms with van der Waals surface area (Å²) in [5.41, 5.74) is 2.93. The van der Waals surface area contributed by atoms with Crippen LogP contribution in [0.5, 0.6) is 5.75 Å². The van der Waals surface area contributed by atoms with Gasteiger partial charge in [0, 0.05) is 49.5 Å². The van der Waals surface area contributed by atoms with Gasteiger partial charge in [-0.2, -0.15) is 0 Å². The van der Waals surface area contributed by atoms with Gasteiger partial charge in [-0.25, -0.2) is 0 Å². The van der Waals surface area contributed by atoms with Gasteiger partial charge in [0.25, 0.3) is 5.91 Å². The molecule has 0 radical (unpaired) electrons. The summed E-state index contributed by atoms with van der Waals surface area (Å²) in [5.74, 6) is 0.712. The van der Waals surface area contributed by atoms with E-state index >= 15 is 0 Å². The monoisotopic (exact) mass is 488 g/mol. The zero-order chi connectivity index (χ0) is 24.9. The number of morpholine rings is 1. The lowest BCUT2D eigenvalue weighted by atomic mass is 9.76. The lowest BCUT2D eigenvalue weighted by Gasteiger charge is -2.51. The molecule has 4 heterocycles. The smallest absolute Gasteiger partial charge is 0.254 e. The topological polar surface area (TPSA) is 78.1 Å². The van der Waals surface area contributed by atoms with Crippen LogP contribution in [0.1, 0.15) is 29.7 Å². The van der Waals surface area contributed by atoms with Gasteiger partial charge >= 0.3 is 0 Å². The minimum absolute atomic E-state index is 0.0121. The van der Waals surface area contributed by atoms with Gasteiger partial charge in [0.05, 0.1) is 32.6 Å². The molecule has 0 bridgehead atoms. The molecule has 1 N–H and O–H groups in total. The molecule has 6 rings (SSSR count). The number of nitrogens with zero attached hydrogens (tertiary/aromatic N) is 3. The van der Waals surface area contributed by atoms with E-state index in [4.69, 9.17) is 9.47 Å². The van der Waals surface area contributed by atoms with Gasteiger partial charge < -0.3 is 24.3 Å². The number of hydrogen-bond donors (Lipinski definition) is 1. The number of hydrogen-bond acceptors (Lipinski definition) is 5. The molecule has 2 aromatic carbocycles. The van der Waals surface area contributed by atoms with E-state index in [0.717, 1.165) is 53.1 Å². The largest absolute Gasteiger partial charge is 0.497 e. The van der Waals surface area contributed by atoms with E-state index in [1.165, 1.54) is 0 Å². The van der Waals surface area contributed by atoms with Crippen molar-refractivity contribution in [1.82, 2.24) is 19.7 Å². The summed E-state index contributed by atoms with van der Waals surface area (Å²) >= 11 is 0. The van der Waals surface area contributed by atoms with Gasteiger partial charge in [-0.3, -0.25) is 14.5 Å². The number of benzene rings is 2. The third kappa shape index (κ3) is 3.59. The van der Waals surface area contributed by atoms with E-state index in [-0.39, 0.29) is 24.3 Å². The molecule has 188 valence electrons. The predicted octanol–water partition coefficient (Wildman–Crippen LogP) is 2.54. The van der Waals surface area contributed by atoms with Gasteiger partial charge in [0.15, 0.2) is 5.54 Å². The second-order valence-corrected chi connectivity index (χ2v) is 10.0. The SMILES string of the molecule is COc1ccc(C2CN3C(=O)CN(CCN4CCOCC4)C(=O)[C@]3(C)c3[nH]c4ccccc4c32)cc1. The van der Waals surface area contributed by atoms with Crippen LogP contribution in [-0.4, -0.2) is 91.1 Å². The summed E-state index contributed by atoms with van der Waals surface area (Å²) in [4.78, 5) is 37.1. The molecule has 2 amide bonds. The highest BCUT2D eigenvalue weighted by Gasteiger charge is 2.56. The van der Waals surface area contributed by atoms with E-state index in [1.54, 1.807) is 16.9 Å². The van der Waals surface area contributed by atoms with E-state index < -0.39 is 5.54 Å². The Bertz CT molecular complexity index is 1300. The van der Waals surface area contributed by atoms with E-state index in [0.29, 0.717) is 26.3 Å². The number of fused-ring (bicyclic) bond motifs is 5. The molecule has 3 aliphatic rings. The number of carbonyl (C=O) groups excluding carboxylic acids is 2. The second kappa shape index (κ2) is 8.94. The highest BCUT2D eigenvalue weighted by molar-refractivity contribution is 6.01. The maximum Gasteiger partial charge on any atom is 0.254 e. The number of ether oxygens (including phenoxy) is 2. The summed E-state index contributed by atoms with van der Waals surface area (Å²) in [6.07, 6.45) is 0. The Kier molecular flexibility index (Phi) is 5.73. The summed E-state index contributed by atoms with van der Waals surface area (Å²) < 4.78 is 10.8. The molecule has 2 fully saturated rings. The molecule has 0 saturated carbocycles. The maximum absolute atomic E-state index is 14.1. The number of aromatic nitrogens is 1. The van der Waals surface area contributed by atoms with E-state index in [9.17, 15) is 9.59 Å². The first kappa shape index (κ1) is 23.1. The molecule has 2 saturated heterocycles. The van der Waals surface area contributed by atoms with Crippen molar-refractivity contribution < 1.29 is 19.1 Å². The van der Waals surface area contributed by atoms with Crippen LogP contribution in [0.3, 0.4) is 0 Å². The number of rotatable bonds is 5. The molecule has 3 aromatic rings. The van der Waals surface area contributed by atoms with Gasteiger partial charge in [-0.1, -0.05) is 30.3 Å². The maximum atomic E-state index is 14.1. The molecule has 8 nitrogen and oxygen atoms in total. The first-order valence-electron chi connectivity index (χ1n) is 12.7. The normalized spacial score (nSPS) is 24.7. The highest BCUT2D eigenvalue weighted by atomic mass is 16.5. The van der Waals surface area contributed by atoms with Gasteiger partial charge in [0.1, 0.15) is 5.75 Å². The first-order chi connectivity index (χ1) is 17.5. The number of aromatic amines is 1. The number of amides is 2. The van der Waals surface area contributed by atoms with Crippen molar-refractivity contribution in [3.8, 4) is 5.75 Å². The van der Waals surface area contributed by atoms with Gasteiger partial charge in [-0.15, -0.1) is 0 Å². The fraction of sp³-hybridized carbons (Fsp3) is 0.429. The number of H-pyrrole nitrogens is 1. The van der Waals surface area contributed by atoms with Crippen molar-refractivity contribution in [3.05, 3.63) is 65.4 Å². The Balaban J connectivity index is 1.41. The van der Waals surface area contributed by atoms with Crippen LogP contribution in [0.25, 0.3) is 10.9 Å². The van der Waals surface area contributed by atoms with Crippen LogP contribution in [-0.2, 0) is 19.9 Å². The summed E-state index contributed by atoms with van der Waals surface area (Å²) in [7, 11) is 1.65. The third-order valence-corrected chi connectivity index (χ3v) is 8.13. The predicted molar refractivity (Wildman–Crippen MR) is 136 cm³/mol. The van der Waals surface area contributed by atoms with E-state index in [2.05, 4.69) is 28.1 Å². The van der Waals surface area contributed by atoms with Crippen LogP contribution in [0, 0.1) is 0 Å². The summed E-state index contributed by atoms with van der Waals surface area (Å²) in [6.45, 7) is 6.89. The van der Waals surface area contributed by atoms with Crippen LogP contribution in [0.15, 0.2) is 48.5 Å².